The van der Waals surface area contributed by atoms with Crippen LogP contribution in [0.5, 0.6) is 0 Å². The minimum Gasteiger partial charge on any atom is -0.254 e. The summed E-state index contributed by atoms with van der Waals surface area (Å²) in [5.41, 5.74) is 0.776. The Morgan fingerprint density at radius 1 is 1.50 bits per heavy atom. The standard InChI is InChI=1S/C8H6INO2S2/c1-14(11,12)8-6(9)7-5(13-8)3-2-4-10-7/h2-4H,1H3. The van der Waals surface area contributed by atoms with Crippen molar-refractivity contribution in [3.63, 3.8) is 0 Å². The number of hydrogen-bond donors (Lipinski definition) is 0. The third kappa shape index (κ3) is 1.66. The number of nitrogens with zero attached hydrogens (tertiary/aromatic N) is 1. The highest BCUT2D eigenvalue weighted by Crippen LogP contribution is 2.33. The molecule has 0 radical (unpaired) electrons. The summed E-state index contributed by atoms with van der Waals surface area (Å²) in [4.78, 5) is 4.15. The molecular formula is C8H6INO2S2. The number of fused-ring (bicyclic) bond motifs is 1. The Morgan fingerprint density at radius 3 is 2.79 bits per heavy atom. The van der Waals surface area contributed by atoms with Gasteiger partial charge in [0.25, 0.3) is 0 Å². The van der Waals surface area contributed by atoms with Gasteiger partial charge in [-0.25, -0.2) is 8.42 Å². The molecule has 0 saturated heterocycles. The molecule has 14 heavy (non-hydrogen) atoms. The lowest BCUT2D eigenvalue weighted by Gasteiger charge is -1.91. The summed E-state index contributed by atoms with van der Waals surface area (Å²) in [7, 11) is -3.12. The molecular weight excluding hydrogens is 333 g/mol. The minimum atomic E-state index is -3.12. The van der Waals surface area contributed by atoms with Gasteiger partial charge in [0.1, 0.15) is 4.21 Å². The van der Waals surface area contributed by atoms with E-state index in [0.29, 0.717) is 4.21 Å². The van der Waals surface area contributed by atoms with Gasteiger partial charge in [0.15, 0.2) is 9.84 Å². The molecule has 0 saturated carbocycles. The van der Waals surface area contributed by atoms with Crippen molar-refractivity contribution in [1.29, 1.82) is 0 Å². The van der Waals surface area contributed by atoms with E-state index >= 15 is 0 Å². The second kappa shape index (κ2) is 3.42. The van der Waals surface area contributed by atoms with E-state index in [0.717, 1.165) is 13.8 Å². The Kier molecular flexibility index (Phi) is 2.52. The zero-order chi connectivity index (χ0) is 10.3. The van der Waals surface area contributed by atoms with E-state index in [-0.39, 0.29) is 0 Å². The molecule has 2 heterocycles. The van der Waals surface area contributed by atoms with E-state index in [4.69, 9.17) is 0 Å². The van der Waals surface area contributed by atoms with Crippen molar-refractivity contribution in [2.45, 2.75) is 4.21 Å². The number of pyridine rings is 1. The van der Waals surface area contributed by atoms with Crippen molar-refractivity contribution in [2.75, 3.05) is 6.26 Å². The summed E-state index contributed by atoms with van der Waals surface area (Å²) in [5.74, 6) is 0. The molecule has 0 atom stereocenters. The normalized spacial score (nSPS) is 12.1. The van der Waals surface area contributed by atoms with Gasteiger partial charge in [-0.3, -0.25) is 4.98 Å². The third-order valence-corrected chi connectivity index (χ3v) is 6.45. The van der Waals surface area contributed by atoms with Gasteiger partial charge in [0, 0.05) is 12.5 Å². The van der Waals surface area contributed by atoms with Crippen LogP contribution in [0.3, 0.4) is 0 Å². The van der Waals surface area contributed by atoms with Crippen LogP contribution in [0.25, 0.3) is 10.2 Å². The van der Waals surface area contributed by atoms with Crippen molar-refractivity contribution in [3.05, 3.63) is 21.9 Å². The van der Waals surface area contributed by atoms with Crippen molar-refractivity contribution < 1.29 is 8.42 Å². The van der Waals surface area contributed by atoms with E-state index in [9.17, 15) is 8.42 Å². The molecule has 2 aromatic heterocycles. The van der Waals surface area contributed by atoms with Crippen LogP contribution in [0.2, 0.25) is 0 Å². The van der Waals surface area contributed by atoms with Crippen molar-refractivity contribution in [2.24, 2.45) is 0 Å². The molecule has 74 valence electrons. The predicted molar refractivity (Wildman–Crippen MR) is 65.4 cm³/mol. The molecule has 0 N–H and O–H groups in total. The SMILES string of the molecule is CS(=O)(=O)c1sc2cccnc2c1I. The van der Waals surface area contributed by atoms with Crippen LogP contribution in [0.15, 0.2) is 22.5 Å². The second-order valence-corrected chi connectivity index (χ2v) is 7.17. The van der Waals surface area contributed by atoms with Crippen LogP contribution in [-0.4, -0.2) is 19.7 Å². The first-order valence-electron chi connectivity index (χ1n) is 3.73. The summed E-state index contributed by atoms with van der Waals surface area (Å²) in [6.45, 7) is 0. The lowest BCUT2D eigenvalue weighted by atomic mass is 10.4. The van der Waals surface area contributed by atoms with E-state index < -0.39 is 9.84 Å². The second-order valence-electron chi connectivity index (χ2n) is 2.83. The summed E-state index contributed by atoms with van der Waals surface area (Å²) >= 11 is 3.30. The fourth-order valence-electron chi connectivity index (χ4n) is 1.12. The fourth-order valence-corrected chi connectivity index (χ4v) is 5.34. The molecule has 3 nitrogen and oxygen atoms in total. The molecule has 0 spiro atoms. The maximum absolute atomic E-state index is 11.4. The van der Waals surface area contributed by atoms with Crippen LogP contribution in [0.4, 0.5) is 0 Å². The Labute approximate surface area is 99.2 Å². The molecule has 0 aliphatic rings. The fraction of sp³-hybridized carbons (Fsp3) is 0.125. The van der Waals surface area contributed by atoms with Gasteiger partial charge in [0.2, 0.25) is 0 Å². The Bertz CT molecular complexity index is 588. The number of rotatable bonds is 1. The van der Waals surface area contributed by atoms with E-state index in [1.807, 2.05) is 28.7 Å². The zero-order valence-corrected chi connectivity index (χ0v) is 11.0. The molecule has 0 bridgehead atoms. The molecule has 0 aromatic carbocycles. The van der Waals surface area contributed by atoms with Gasteiger partial charge < -0.3 is 0 Å². The van der Waals surface area contributed by atoms with E-state index in [1.54, 1.807) is 12.3 Å². The molecule has 0 unspecified atom stereocenters. The van der Waals surface area contributed by atoms with Gasteiger partial charge in [-0.1, -0.05) is 0 Å². The first kappa shape index (κ1) is 10.3. The number of hydrogen-bond acceptors (Lipinski definition) is 4. The number of sulfone groups is 1. The number of aromatic nitrogens is 1. The minimum absolute atomic E-state index is 0.409. The van der Waals surface area contributed by atoms with Crippen LogP contribution in [0, 0.1) is 3.57 Å². The van der Waals surface area contributed by atoms with Gasteiger partial charge in [-0.15, -0.1) is 11.3 Å². The first-order valence-corrected chi connectivity index (χ1v) is 7.52. The molecule has 2 aromatic rings. The smallest absolute Gasteiger partial charge is 0.186 e. The highest BCUT2D eigenvalue weighted by molar-refractivity contribution is 14.1. The lowest BCUT2D eigenvalue weighted by Crippen LogP contribution is -1.95. The largest absolute Gasteiger partial charge is 0.254 e. The summed E-state index contributed by atoms with van der Waals surface area (Å²) in [5, 5.41) is 0. The average Bonchev–Trinajstić information content (AvgIpc) is 2.44. The highest BCUT2D eigenvalue weighted by Gasteiger charge is 2.18. The predicted octanol–water partition coefficient (Wildman–Crippen LogP) is 2.30. The van der Waals surface area contributed by atoms with Crippen molar-refractivity contribution in [3.8, 4) is 0 Å². The Hall–Kier alpha value is -0.210. The summed E-state index contributed by atoms with van der Waals surface area (Å²) in [6, 6.07) is 3.69. The molecule has 0 aliphatic carbocycles. The lowest BCUT2D eigenvalue weighted by molar-refractivity contribution is 0.603. The van der Waals surface area contributed by atoms with Crippen LogP contribution in [-0.2, 0) is 9.84 Å². The maximum atomic E-state index is 11.4. The first-order chi connectivity index (χ1) is 6.50. The van der Waals surface area contributed by atoms with Gasteiger partial charge in [0.05, 0.1) is 13.8 Å². The quantitative estimate of drug-likeness (QED) is 0.749. The van der Waals surface area contributed by atoms with Gasteiger partial charge in [-0.05, 0) is 34.7 Å². The number of halogens is 1. The van der Waals surface area contributed by atoms with E-state index in [2.05, 4.69) is 4.98 Å². The van der Waals surface area contributed by atoms with Crippen LogP contribution in [0.1, 0.15) is 0 Å². The molecule has 2 rings (SSSR count). The topological polar surface area (TPSA) is 47.0 Å². The highest BCUT2D eigenvalue weighted by atomic mass is 127. The molecule has 0 aliphatic heterocycles. The van der Waals surface area contributed by atoms with Crippen molar-refractivity contribution >= 4 is 54.0 Å². The van der Waals surface area contributed by atoms with E-state index in [1.165, 1.54) is 17.6 Å². The average molecular weight is 339 g/mol. The third-order valence-electron chi connectivity index (χ3n) is 1.70. The van der Waals surface area contributed by atoms with Crippen LogP contribution >= 0.6 is 33.9 Å². The molecule has 0 amide bonds. The summed E-state index contributed by atoms with van der Waals surface area (Å²) < 4.78 is 24.9. The van der Waals surface area contributed by atoms with Gasteiger partial charge >= 0.3 is 0 Å². The zero-order valence-electron chi connectivity index (χ0n) is 7.19. The molecule has 6 heteroatoms. The summed E-state index contributed by atoms with van der Waals surface area (Å²) in [6.07, 6.45) is 2.89. The van der Waals surface area contributed by atoms with Gasteiger partial charge in [-0.2, -0.15) is 0 Å². The van der Waals surface area contributed by atoms with Crippen LogP contribution < -0.4 is 0 Å². The Balaban J connectivity index is 2.89. The monoisotopic (exact) mass is 339 g/mol. The van der Waals surface area contributed by atoms with Crippen molar-refractivity contribution in [1.82, 2.24) is 4.98 Å². The number of thiophene rings is 1. The molecule has 0 fully saturated rings. The Morgan fingerprint density at radius 2 is 2.21 bits per heavy atom. The maximum Gasteiger partial charge on any atom is 0.186 e.